The molecule has 0 aromatic heterocycles. The number of aliphatic hydroxyl groups excluding tert-OH is 1. The summed E-state index contributed by atoms with van der Waals surface area (Å²) < 4.78 is 23.0. The normalized spacial score (nSPS) is 32.3. The summed E-state index contributed by atoms with van der Waals surface area (Å²) in [5, 5.41) is 11.9. The molecule has 232 valence electrons. The Bertz CT molecular complexity index is 1330. The monoisotopic (exact) mass is 624 g/mol. The molecule has 2 aromatic carbocycles. The molecule has 8 heteroatoms. The lowest BCUT2D eigenvalue weighted by atomic mass is 9.70. The molecule has 2 saturated carbocycles. The zero-order valence-electron chi connectivity index (χ0n) is 25.3. The zero-order valence-corrected chi connectivity index (χ0v) is 26.9. The van der Waals surface area contributed by atoms with Gasteiger partial charge in [-0.3, -0.25) is 4.79 Å². The Kier molecular flexibility index (Phi) is 9.63. The molecule has 2 bridgehead atoms. The van der Waals surface area contributed by atoms with Gasteiger partial charge in [0.15, 0.2) is 0 Å². The molecule has 2 aromatic rings. The van der Waals surface area contributed by atoms with E-state index in [0.717, 1.165) is 80.9 Å². The average Bonchev–Trinajstić information content (AvgIpc) is 3.11. The number of nitrogens with one attached hydrogen (secondary N) is 1. The van der Waals surface area contributed by atoms with E-state index in [4.69, 9.17) is 16.3 Å². The van der Waals surface area contributed by atoms with Crippen LogP contribution in [0.15, 0.2) is 48.6 Å². The Hall–Kier alpha value is -2.19. The molecule has 2 fully saturated rings. The van der Waals surface area contributed by atoms with Gasteiger partial charge in [-0.05, 0) is 91.8 Å². The fraction of sp³-hybridized carbons (Fsp3) is 0.571. The zero-order chi connectivity index (χ0) is 30.1. The van der Waals surface area contributed by atoms with Crippen molar-refractivity contribution < 1.29 is 19.2 Å². The highest BCUT2D eigenvalue weighted by Crippen LogP contribution is 2.43. The lowest BCUT2D eigenvalue weighted by Gasteiger charge is -2.42. The van der Waals surface area contributed by atoms with Crippen molar-refractivity contribution in [3.8, 4) is 5.75 Å². The fourth-order valence-electron chi connectivity index (χ4n) is 7.56. The second-order valence-electron chi connectivity index (χ2n) is 13.2. The van der Waals surface area contributed by atoms with Gasteiger partial charge in [0.25, 0.3) is 5.91 Å². The Morgan fingerprint density at radius 2 is 1.95 bits per heavy atom. The van der Waals surface area contributed by atoms with Gasteiger partial charge in [0, 0.05) is 41.4 Å². The standard InChI is InChI=1S/C35H45ClN2O4S/c1-3-6-24-17-28(36)13-15-29(24)27-20-38-19-26-11-14-30(26)32(39)10-4-7-22(2)34(23-8-5-9-23)43(41)37-35(40)25-12-16-33(42-21-27)31(38)18-25/h4,10,12-13,15-18,22-23,26-27,30,32,34,39H,3,5-9,11,14,19-21H2,1-2H3,(H,37,40)/b10-4+/t22-,26?,27?,30?,32?,34?,43?/m1/s1. The van der Waals surface area contributed by atoms with Gasteiger partial charge in [0.05, 0.1) is 29.8 Å². The number of carbonyl (C=O) groups excluding carboxylic acids is 1. The predicted molar refractivity (Wildman–Crippen MR) is 174 cm³/mol. The molecule has 0 spiro atoms. The van der Waals surface area contributed by atoms with Crippen LogP contribution in [0.2, 0.25) is 5.02 Å². The largest absolute Gasteiger partial charge is 0.593 e. The quantitative estimate of drug-likeness (QED) is 0.288. The van der Waals surface area contributed by atoms with Crippen LogP contribution in [0.4, 0.5) is 5.69 Å². The molecule has 0 radical (unpaired) electrons. The van der Waals surface area contributed by atoms with Crippen molar-refractivity contribution >= 4 is 34.6 Å². The molecule has 43 heavy (non-hydrogen) atoms. The molecule has 6 unspecified atom stereocenters. The van der Waals surface area contributed by atoms with Crippen LogP contribution in [-0.4, -0.2) is 46.6 Å². The van der Waals surface area contributed by atoms with Crippen molar-refractivity contribution in [1.82, 2.24) is 4.72 Å². The number of carbonyl (C=O) groups is 1. The summed E-state index contributed by atoms with van der Waals surface area (Å²) in [6, 6.07) is 11.8. The maximum Gasteiger partial charge on any atom is 0.292 e. The van der Waals surface area contributed by atoms with Crippen molar-refractivity contribution in [2.24, 2.45) is 23.7 Å². The first kappa shape index (κ1) is 30.8. The van der Waals surface area contributed by atoms with Gasteiger partial charge in [-0.25, -0.2) is 0 Å². The number of amides is 1. The van der Waals surface area contributed by atoms with E-state index in [9.17, 15) is 14.5 Å². The summed E-state index contributed by atoms with van der Waals surface area (Å²) in [5.74, 6) is 1.59. The number of hydrogen-bond donors (Lipinski definition) is 2. The number of hydrogen-bond acceptors (Lipinski definition) is 5. The van der Waals surface area contributed by atoms with Gasteiger partial charge < -0.3 is 19.3 Å². The lowest BCUT2D eigenvalue weighted by Crippen LogP contribution is -2.47. The van der Waals surface area contributed by atoms with E-state index in [1.807, 2.05) is 24.3 Å². The molecular formula is C35H45ClN2O4S. The fourth-order valence-corrected chi connectivity index (χ4v) is 9.34. The minimum Gasteiger partial charge on any atom is -0.593 e. The molecule has 7 atom stereocenters. The Morgan fingerprint density at radius 1 is 1.12 bits per heavy atom. The van der Waals surface area contributed by atoms with Crippen molar-refractivity contribution in [1.29, 1.82) is 0 Å². The second kappa shape index (κ2) is 13.4. The van der Waals surface area contributed by atoms with Gasteiger partial charge in [0.1, 0.15) is 11.0 Å². The number of benzene rings is 2. The van der Waals surface area contributed by atoms with E-state index in [-0.39, 0.29) is 28.9 Å². The van der Waals surface area contributed by atoms with Crippen molar-refractivity contribution in [2.45, 2.75) is 82.5 Å². The topological polar surface area (TPSA) is 84.9 Å². The third-order valence-corrected chi connectivity index (χ3v) is 12.3. The van der Waals surface area contributed by atoms with E-state index in [2.05, 4.69) is 41.7 Å². The van der Waals surface area contributed by atoms with Gasteiger partial charge >= 0.3 is 0 Å². The predicted octanol–water partition coefficient (Wildman–Crippen LogP) is 6.82. The summed E-state index contributed by atoms with van der Waals surface area (Å²) in [5.41, 5.74) is 3.89. The van der Waals surface area contributed by atoms with E-state index in [0.29, 0.717) is 24.0 Å². The second-order valence-corrected chi connectivity index (χ2v) is 15.0. The van der Waals surface area contributed by atoms with E-state index >= 15 is 0 Å². The third-order valence-electron chi connectivity index (χ3n) is 10.3. The van der Waals surface area contributed by atoms with Crippen LogP contribution in [0.25, 0.3) is 0 Å². The Labute approximate surface area is 264 Å². The Morgan fingerprint density at radius 3 is 2.67 bits per heavy atom. The van der Waals surface area contributed by atoms with Gasteiger partial charge in [-0.2, -0.15) is 4.72 Å². The van der Waals surface area contributed by atoms with E-state index in [1.165, 1.54) is 11.1 Å². The van der Waals surface area contributed by atoms with E-state index < -0.39 is 17.5 Å². The highest BCUT2D eigenvalue weighted by molar-refractivity contribution is 7.90. The van der Waals surface area contributed by atoms with Gasteiger partial charge in [-0.15, -0.1) is 0 Å². The maximum absolute atomic E-state index is 13.6. The number of halogens is 1. The number of fused-ring (bicyclic) bond motifs is 2. The van der Waals surface area contributed by atoms with Crippen molar-refractivity contribution in [3.63, 3.8) is 0 Å². The SMILES string of the molecule is CCCc1cc(Cl)ccc1C1COc2ccc3cc2N(C1)CC1CCC1C(O)/C=C/C[C@@H](C)C(C1CCC1)[S+]([O-])NC3=O. The molecule has 1 amide bonds. The van der Waals surface area contributed by atoms with Crippen LogP contribution in [-0.2, 0) is 17.8 Å². The Balaban J connectivity index is 1.35. The first-order valence-corrected chi connectivity index (χ1v) is 17.8. The molecule has 0 saturated heterocycles. The van der Waals surface area contributed by atoms with Crippen LogP contribution in [0.5, 0.6) is 5.75 Å². The number of aliphatic hydroxyl groups is 1. The maximum atomic E-state index is 13.6. The number of allylic oxidation sites excluding steroid dienone is 1. The first-order valence-electron chi connectivity index (χ1n) is 16.2. The van der Waals surface area contributed by atoms with Crippen molar-refractivity contribution in [3.05, 3.63) is 70.3 Å². The lowest BCUT2D eigenvalue weighted by molar-refractivity contribution is 0.0460. The van der Waals surface area contributed by atoms with Gasteiger partial charge in [-0.1, -0.05) is 56.5 Å². The highest BCUT2D eigenvalue weighted by Gasteiger charge is 2.42. The molecule has 2 heterocycles. The number of rotatable bonds is 4. The third kappa shape index (κ3) is 6.61. The molecule has 4 aliphatic rings. The van der Waals surface area contributed by atoms with Crippen molar-refractivity contribution in [2.75, 3.05) is 24.6 Å². The smallest absolute Gasteiger partial charge is 0.292 e. The van der Waals surface area contributed by atoms with Crippen LogP contribution in [0, 0.1) is 23.7 Å². The minimum absolute atomic E-state index is 0.109. The summed E-state index contributed by atoms with van der Waals surface area (Å²) in [4.78, 5) is 15.9. The van der Waals surface area contributed by atoms with Crippen LogP contribution in [0.1, 0.15) is 86.2 Å². The molecule has 2 aliphatic heterocycles. The number of ether oxygens (including phenoxy) is 1. The number of nitrogens with zero attached hydrogens (tertiary/aromatic N) is 1. The summed E-state index contributed by atoms with van der Waals surface area (Å²) in [6.07, 6.45) is 11.6. The van der Waals surface area contributed by atoms with Crippen LogP contribution >= 0.6 is 11.6 Å². The van der Waals surface area contributed by atoms with E-state index in [1.54, 1.807) is 6.07 Å². The summed E-state index contributed by atoms with van der Waals surface area (Å²) >= 11 is 4.90. The number of anilines is 1. The molecule has 6 nitrogen and oxygen atoms in total. The van der Waals surface area contributed by atoms with Gasteiger partial charge in [0.2, 0.25) is 0 Å². The molecular weight excluding hydrogens is 580 g/mol. The molecule has 6 rings (SSSR count). The average molecular weight is 625 g/mol. The summed E-state index contributed by atoms with van der Waals surface area (Å²) in [6.45, 7) is 6.34. The molecule has 2 N–H and O–H groups in total. The molecule has 2 aliphatic carbocycles. The summed E-state index contributed by atoms with van der Waals surface area (Å²) in [7, 11) is 0. The van der Waals surface area contributed by atoms with Crippen LogP contribution < -0.4 is 14.4 Å². The number of aryl methyl sites for hydroxylation is 1. The minimum atomic E-state index is -1.50. The first-order chi connectivity index (χ1) is 20.8. The van der Waals surface area contributed by atoms with Crippen LogP contribution in [0.3, 0.4) is 0 Å². The highest BCUT2D eigenvalue weighted by atomic mass is 35.5.